The number of aliphatic imine (C=N–C) groups is 1. The van der Waals surface area contributed by atoms with Crippen molar-refractivity contribution >= 4 is 40.5 Å². The van der Waals surface area contributed by atoms with Crippen LogP contribution in [0.1, 0.15) is 11.1 Å². The van der Waals surface area contributed by atoms with Crippen LogP contribution in [0.3, 0.4) is 0 Å². The van der Waals surface area contributed by atoms with Crippen LogP contribution in [0.25, 0.3) is 0 Å². The molecule has 1 heterocycles. The van der Waals surface area contributed by atoms with Crippen LogP contribution < -0.4 is 5.32 Å². The third kappa shape index (κ3) is 3.44. The van der Waals surface area contributed by atoms with Gasteiger partial charge in [0.05, 0.1) is 24.6 Å². The van der Waals surface area contributed by atoms with Crippen LogP contribution in [-0.2, 0) is 9.53 Å². The second kappa shape index (κ2) is 7.32. The zero-order chi connectivity index (χ0) is 17.1. The highest BCUT2D eigenvalue weighted by Gasteiger charge is 2.27. The lowest BCUT2D eigenvalue weighted by molar-refractivity contribution is -0.127. The molecule has 2 N–H and O–H groups in total. The van der Waals surface area contributed by atoms with Crippen LogP contribution >= 0.6 is 23.2 Å². The Balaban J connectivity index is 2.17. The maximum atomic E-state index is 12.3. The molecule has 7 heteroatoms. The van der Waals surface area contributed by atoms with Crippen LogP contribution in [0.2, 0.25) is 10.0 Å². The molecule has 5 nitrogen and oxygen atoms in total. The molecule has 0 radical (unpaired) electrons. The molecule has 1 amide bonds. The lowest BCUT2D eigenvalue weighted by Crippen LogP contribution is -2.29. The summed E-state index contributed by atoms with van der Waals surface area (Å²) in [7, 11) is 0. The smallest absolute Gasteiger partial charge is 0.276 e. The Hall–Kier alpha value is -1.92. The Morgan fingerprint density at radius 3 is 2.71 bits per heavy atom. The first-order valence-electron chi connectivity index (χ1n) is 7.26. The van der Waals surface area contributed by atoms with Crippen LogP contribution in [-0.4, -0.2) is 36.2 Å². The molecule has 1 unspecified atom stereocenters. The molecule has 1 atom stereocenters. The summed E-state index contributed by atoms with van der Waals surface area (Å²) in [5.74, 6) is -0.422. The molecular formula is C17H14Cl2N2O3. The molecule has 3 rings (SSSR count). The van der Waals surface area contributed by atoms with E-state index in [1.807, 2.05) is 18.2 Å². The maximum Gasteiger partial charge on any atom is 0.276 e. The zero-order valence-corrected chi connectivity index (χ0v) is 14.0. The Labute approximate surface area is 148 Å². The number of fused-ring (bicyclic) bond motifs is 1. The summed E-state index contributed by atoms with van der Waals surface area (Å²) in [6.45, 7) is -0.214. The molecule has 24 heavy (non-hydrogen) atoms. The van der Waals surface area contributed by atoms with Gasteiger partial charge >= 0.3 is 0 Å². The van der Waals surface area contributed by atoms with E-state index in [9.17, 15) is 4.79 Å². The quantitative estimate of drug-likeness (QED) is 0.875. The minimum Gasteiger partial charge on any atom is -0.394 e. The molecular weight excluding hydrogens is 351 g/mol. The Kier molecular flexibility index (Phi) is 5.16. The summed E-state index contributed by atoms with van der Waals surface area (Å²) in [5.41, 5.74) is 2.38. The van der Waals surface area contributed by atoms with E-state index in [4.69, 9.17) is 33.0 Å². The number of hydrogen-bond donors (Lipinski definition) is 2. The van der Waals surface area contributed by atoms with Crippen molar-refractivity contribution in [2.24, 2.45) is 4.99 Å². The van der Waals surface area contributed by atoms with E-state index in [1.165, 1.54) is 0 Å². The first kappa shape index (κ1) is 16.9. The predicted molar refractivity (Wildman–Crippen MR) is 94.0 cm³/mol. The van der Waals surface area contributed by atoms with Crippen LogP contribution in [0.5, 0.6) is 0 Å². The highest BCUT2D eigenvalue weighted by molar-refractivity contribution is 6.36. The molecule has 1 aliphatic rings. The summed E-state index contributed by atoms with van der Waals surface area (Å²) in [5, 5.41) is 12.7. The van der Waals surface area contributed by atoms with Gasteiger partial charge < -0.3 is 15.2 Å². The normalized spacial score (nSPS) is 16.9. The molecule has 2 aromatic rings. The van der Waals surface area contributed by atoms with Crippen molar-refractivity contribution < 1.29 is 14.6 Å². The Bertz CT molecular complexity index is 808. The van der Waals surface area contributed by atoms with E-state index in [0.29, 0.717) is 32.6 Å². The largest absolute Gasteiger partial charge is 0.394 e. The number of nitrogens with one attached hydrogen (secondary N) is 1. The number of hydrogen-bond acceptors (Lipinski definition) is 4. The number of amides is 1. The van der Waals surface area contributed by atoms with Gasteiger partial charge in [-0.2, -0.15) is 0 Å². The minimum absolute atomic E-state index is 0.00547. The fraction of sp³-hybridized carbons (Fsp3) is 0.176. The third-order valence-electron chi connectivity index (χ3n) is 3.46. The second-order valence-electron chi connectivity index (χ2n) is 5.08. The van der Waals surface area contributed by atoms with Crippen LogP contribution in [0.4, 0.5) is 5.69 Å². The molecule has 0 fully saturated rings. The van der Waals surface area contributed by atoms with Gasteiger partial charge in [-0.15, -0.1) is 0 Å². The van der Waals surface area contributed by atoms with Crippen molar-refractivity contribution in [3.05, 3.63) is 63.6 Å². The van der Waals surface area contributed by atoms with Crippen molar-refractivity contribution in [3.8, 4) is 0 Å². The van der Waals surface area contributed by atoms with Gasteiger partial charge in [-0.3, -0.25) is 4.79 Å². The molecule has 1 aliphatic heterocycles. The molecule has 0 spiro atoms. The maximum absolute atomic E-state index is 12.3. The van der Waals surface area contributed by atoms with E-state index in [1.54, 1.807) is 24.3 Å². The highest BCUT2D eigenvalue weighted by atomic mass is 35.5. The second-order valence-corrected chi connectivity index (χ2v) is 5.93. The van der Waals surface area contributed by atoms with E-state index in [2.05, 4.69) is 10.3 Å². The van der Waals surface area contributed by atoms with E-state index >= 15 is 0 Å². The summed E-state index contributed by atoms with van der Waals surface area (Å²) in [4.78, 5) is 16.8. The lowest BCUT2D eigenvalue weighted by Gasteiger charge is -2.12. The molecule has 124 valence electrons. The number of rotatable bonds is 4. The number of benzodiazepines with no additional fused rings is 1. The van der Waals surface area contributed by atoms with Crippen molar-refractivity contribution in [2.45, 2.75) is 6.23 Å². The average Bonchev–Trinajstić information content (AvgIpc) is 2.70. The summed E-state index contributed by atoms with van der Waals surface area (Å²) in [6.07, 6.45) is -1.09. The lowest BCUT2D eigenvalue weighted by atomic mass is 10.0. The van der Waals surface area contributed by atoms with E-state index < -0.39 is 12.1 Å². The van der Waals surface area contributed by atoms with Gasteiger partial charge in [0.25, 0.3) is 5.91 Å². The van der Waals surface area contributed by atoms with Crippen molar-refractivity contribution in [1.29, 1.82) is 0 Å². The Morgan fingerprint density at radius 2 is 1.96 bits per heavy atom. The zero-order valence-electron chi connectivity index (χ0n) is 12.5. The fourth-order valence-electron chi connectivity index (χ4n) is 2.41. The van der Waals surface area contributed by atoms with Gasteiger partial charge in [0, 0.05) is 21.2 Å². The van der Waals surface area contributed by atoms with Gasteiger partial charge in [-0.25, -0.2) is 4.99 Å². The van der Waals surface area contributed by atoms with Gasteiger partial charge in [-0.05, 0) is 24.3 Å². The molecule has 2 aromatic carbocycles. The number of anilines is 1. The SMILES string of the molecule is O=C1Nc2ccc(Cl)cc2C(c2ccccc2Cl)=NC1OCCO. The summed E-state index contributed by atoms with van der Waals surface area (Å²) in [6, 6.07) is 12.3. The monoisotopic (exact) mass is 364 g/mol. The van der Waals surface area contributed by atoms with Crippen LogP contribution in [0, 0.1) is 0 Å². The van der Waals surface area contributed by atoms with Gasteiger partial charge in [0.2, 0.25) is 6.23 Å². The van der Waals surface area contributed by atoms with Crippen molar-refractivity contribution in [3.63, 3.8) is 0 Å². The average molecular weight is 365 g/mol. The number of ether oxygens (including phenoxy) is 1. The summed E-state index contributed by atoms with van der Waals surface area (Å²) < 4.78 is 5.35. The highest BCUT2D eigenvalue weighted by Crippen LogP contribution is 2.29. The number of carbonyl (C=O) groups excluding carboxylic acids is 1. The van der Waals surface area contributed by atoms with E-state index in [0.717, 1.165) is 0 Å². The minimum atomic E-state index is -1.09. The molecule has 0 bridgehead atoms. The fourth-order valence-corrected chi connectivity index (χ4v) is 2.80. The van der Waals surface area contributed by atoms with Gasteiger partial charge in [-0.1, -0.05) is 41.4 Å². The van der Waals surface area contributed by atoms with Gasteiger partial charge in [0.15, 0.2) is 0 Å². The van der Waals surface area contributed by atoms with Crippen LogP contribution in [0.15, 0.2) is 47.5 Å². The third-order valence-corrected chi connectivity index (χ3v) is 4.03. The first-order valence-corrected chi connectivity index (χ1v) is 8.01. The van der Waals surface area contributed by atoms with Gasteiger partial charge in [0.1, 0.15) is 0 Å². The molecule has 0 saturated carbocycles. The standard InChI is InChI=1S/C17H14Cl2N2O3/c18-10-5-6-14-12(9-10)15(11-3-1-2-4-13(11)19)21-17(16(23)20-14)24-8-7-22/h1-6,9,17,22H,7-8H2,(H,20,23). The first-order chi connectivity index (χ1) is 11.6. The topological polar surface area (TPSA) is 70.9 Å². The predicted octanol–water partition coefficient (Wildman–Crippen LogP) is 3.12. The van der Waals surface area contributed by atoms with Crippen molar-refractivity contribution in [2.75, 3.05) is 18.5 Å². The molecule has 0 saturated heterocycles. The Morgan fingerprint density at radius 1 is 1.17 bits per heavy atom. The number of nitrogens with zero attached hydrogens (tertiary/aromatic N) is 1. The number of carbonyl (C=O) groups is 1. The number of aliphatic hydroxyl groups is 1. The summed E-state index contributed by atoms with van der Waals surface area (Å²) >= 11 is 12.4. The number of aliphatic hydroxyl groups excluding tert-OH is 1. The molecule has 0 aliphatic carbocycles. The van der Waals surface area contributed by atoms with Crippen molar-refractivity contribution in [1.82, 2.24) is 0 Å². The number of halogens is 2. The molecule has 0 aromatic heterocycles. The number of benzene rings is 2. The van der Waals surface area contributed by atoms with E-state index in [-0.39, 0.29) is 13.2 Å².